The van der Waals surface area contributed by atoms with Crippen LogP contribution in [0.15, 0.2) is 15.8 Å². The molecule has 0 aromatic carbocycles. The van der Waals surface area contributed by atoms with Crippen LogP contribution in [0.3, 0.4) is 0 Å². The van der Waals surface area contributed by atoms with Crippen molar-refractivity contribution in [1.29, 1.82) is 0 Å². The Labute approximate surface area is 65.8 Å². The molecule has 0 spiro atoms. The molecule has 0 aliphatic carbocycles. The summed E-state index contributed by atoms with van der Waals surface area (Å²) in [6.07, 6.45) is 0.931. The highest BCUT2D eigenvalue weighted by Crippen LogP contribution is 1.95. The first kappa shape index (κ1) is 8.56. The zero-order valence-electron chi connectivity index (χ0n) is 5.77. The lowest BCUT2D eigenvalue weighted by atomic mass is 10.2. The van der Waals surface area contributed by atoms with E-state index in [9.17, 15) is 9.59 Å². The van der Waals surface area contributed by atoms with E-state index in [4.69, 9.17) is 10.0 Å². The molecular weight excluding hydrogens is 167 g/mol. The number of hydrogen-bond donors (Lipinski definition) is 4. The maximum atomic E-state index is 10.8. The largest absolute Gasteiger partial charge is 0.707 e. The van der Waals surface area contributed by atoms with Crippen molar-refractivity contribution in [2.24, 2.45) is 0 Å². The lowest BCUT2D eigenvalue weighted by molar-refractivity contribution is 0.285. The SMILES string of the molecule is O=c1[nH]cc(OB(O)O)c(=O)[nH]1. The Bertz CT molecular complexity index is 368. The lowest BCUT2D eigenvalue weighted by Crippen LogP contribution is -2.28. The van der Waals surface area contributed by atoms with Crippen LogP contribution in [-0.2, 0) is 0 Å². The van der Waals surface area contributed by atoms with Gasteiger partial charge in [0.25, 0.3) is 5.56 Å². The molecule has 0 aliphatic heterocycles. The van der Waals surface area contributed by atoms with E-state index in [1.807, 2.05) is 4.98 Å². The van der Waals surface area contributed by atoms with E-state index in [2.05, 4.69) is 9.64 Å². The van der Waals surface area contributed by atoms with Gasteiger partial charge in [0.05, 0.1) is 6.20 Å². The molecule has 0 aliphatic rings. The fourth-order valence-electron chi connectivity index (χ4n) is 0.599. The standard InChI is InChI=1S/C4H5BN2O5/c8-3-2(12-5(10)11)1-6-4(9)7-3/h1,10-11H,(H2,6,7,8,9). The number of hydrogen-bond acceptors (Lipinski definition) is 5. The fourth-order valence-corrected chi connectivity index (χ4v) is 0.599. The number of H-pyrrole nitrogens is 2. The van der Waals surface area contributed by atoms with Crippen LogP contribution in [0.2, 0.25) is 0 Å². The summed E-state index contributed by atoms with van der Waals surface area (Å²) in [5.74, 6) is -0.371. The molecule has 0 radical (unpaired) electrons. The van der Waals surface area contributed by atoms with E-state index in [-0.39, 0.29) is 5.75 Å². The number of aromatic nitrogens is 2. The van der Waals surface area contributed by atoms with Crippen molar-refractivity contribution in [2.75, 3.05) is 0 Å². The topological polar surface area (TPSA) is 115 Å². The van der Waals surface area contributed by atoms with Gasteiger partial charge in [-0.3, -0.25) is 9.78 Å². The van der Waals surface area contributed by atoms with Gasteiger partial charge >= 0.3 is 13.0 Å². The minimum absolute atomic E-state index is 0.371. The Balaban J connectivity index is 3.02. The molecule has 4 N–H and O–H groups in total. The van der Waals surface area contributed by atoms with Crippen molar-refractivity contribution in [3.05, 3.63) is 27.0 Å². The summed E-state index contributed by atoms with van der Waals surface area (Å²) in [5.41, 5.74) is -1.52. The molecular formula is C4H5BN2O5. The summed E-state index contributed by atoms with van der Waals surface area (Å²) < 4.78 is 4.20. The second kappa shape index (κ2) is 3.24. The van der Waals surface area contributed by atoms with Crippen LogP contribution in [0, 0.1) is 0 Å². The average Bonchev–Trinajstić information content (AvgIpc) is 1.94. The zero-order valence-corrected chi connectivity index (χ0v) is 5.77. The Morgan fingerprint density at radius 3 is 2.58 bits per heavy atom. The molecule has 0 saturated carbocycles. The molecule has 0 bridgehead atoms. The lowest BCUT2D eigenvalue weighted by Gasteiger charge is -2.00. The minimum atomic E-state index is -2.09. The first-order chi connectivity index (χ1) is 5.59. The van der Waals surface area contributed by atoms with Crippen molar-refractivity contribution in [3.8, 4) is 5.75 Å². The molecule has 0 amide bonds. The number of aromatic amines is 2. The van der Waals surface area contributed by atoms with Crippen molar-refractivity contribution < 1.29 is 14.7 Å². The maximum absolute atomic E-state index is 10.8. The van der Waals surface area contributed by atoms with Crippen molar-refractivity contribution >= 4 is 7.32 Å². The molecule has 1 heterocycles. The highest BCUT2D eigenvalue weighted by molar-refractivity contribution is 6.33. The molecule has 8 heteroatoms. The second-order valence-electron chi connectivity index (χ2n) is 1.88. The predicted octanol–water partition coefficient (Wildman–Crippen LogP) is -2.59. The number of rotatable bonds is 2. The second-order valence-corrected chi connectivity index (χ2v) is 1.88. The first-order valence-electron chi connectivity index (χ1n) is 2.94. The zero-order chi connectivity index (χ0) is 9.14. The summed E-state index contributed by atoms with van der Waals surface area (Å²) in [5, 5.41) is 16.6. The Morgan fingerprint density at radius 1 is 1.42 bits per heavy atom. The third kappa shape index (κ3) is 1.97. The van der Waals surface area contributed by atoms with E-state index < -0.39 is 18.6 Å². The van der Waals surface area contributed by atoms with Crippen LogP contribution in [0.4, 0.5) is 0 Å². The van der Waals surface area contributed by atoms with Crippen molar-refractivity contribution in [1.82, 2.24) is 9.97 Å². The monoisotopic (exact) mass is 172 g/mol. The third-order valence-electron chi connectivity index (χ3n) is 1.02. The normalized spacial score (nSPS) is 9.50. The van der Waals surface area contributed by atoms with Crippen LogP contribution in [-0.4, -0.2) is 27.3 Å². The smallest absolute Gasteiger partial charge is 0.507 e. The summed E-state index contributed by atoms with van der Waals surface area (Å²) in [4.78, 5) is 25.1. The first-order valence-corrected chi connectivity index (χ1v) is 2.94. The molecule has 0 saturated heterocycles. The third-order valence-corrected chi connectivity index (χ3v) is 1.02. The van der Waals surface area contributed by atoms with Gasteiger partial charge in [-0.2, -0.15) is 0 Å². The molecule has 1 rings (SSSR count). The molecule has 12 heavy (non-hydrogen) atoms. The van der Waals surface area contributed by atoms with Crippen LogP contribution >= 0.6 is 0 Å². The predicted molar refractivity (Wildman–Crippen MR) is 38.5 cm³/mol. The van der Waals surface area contributed by atoms with Gasteiger partial charge in [-0.1, -0.05) is 0 Å². The fraction of sp³-hybridized carbons (Fsp3) is 0. The van der Waals surface area contributed by atoms with Gasteiger partial charge in [0, 0.05) is 0 Å². The van der Waals surface area contributed by atoms with Gasteiger partial charge < -0.3 is 19.7 Å². The Morgan fingerprint density at radius 2 is 2.08 bits per heavy atom. The quantitative estimate of drug-likeness (QED) is 0.365. The summed E-state index contributed by atoms with van der Waals surface area (Å²) in [6, 6.07) is 0. The molecule has 7 nitrogen and oxygen atoms in total. The van der Waals surface area contributed by atoms with E-state index in [1.165, 1.54) is 0 Å². The molecule has 1 aromatic rings. The summed E-state index contributed by atoms with van der Waals surface area (Å²) >= 11 is 0. The highest BCUT2D eigenvalue weighted by Gasteiger charge is 2.13. The van der Waals surface area contributed by atoms with E-state index in [0.29, 0.717) is 0 Å². The Kier molecular flexibility index (Phi) is 2.31. The van der Waals surface area contributed by atoms with Crippen LogP contribution in [0.1, 0.15) is 0 Å². The van der Waals surface area contributed by atoms with Crippen molar-refractivity contribution in [2.45, 2.75) is 0 Å². The Hall–Kier alpha value is -1.54. The van der Waals surface area contributed by atoms with Crippen LogP contribution < -0.4 is 15.9 Å². The van der Waals surface area contributed by atoms with E-state index in [1.54, 1.807) is 0 Å². The average molecular weight is 172 g/mol. The van der Waals surface area contributed by atoms with Gasteiger partial charge in [-0.05, 0) is 0 Å². The van der Waals surface area contributed by atoms with E-state index in [0.717, 1.165) is 6.20 Å². The highest BCUT2D eigenvalue weighted by atomic mass is 16.6. The molecule has 64 valence electrons. The van der Waals surface area contributed by atoms with Gasteiger partial charge in [0.2, 0.25) is 0 Å². The van der Waals surface area contributed by atoms with Gasteiger partial charge in [-0.25, -0.2) is 4.79 Å². The van der Waals surface area contributed by atoms with Crippen LogP contribution in [0.25, 0.3) is 0 Å². The van der Waals surface area contributed by atoms with Gasteiger partial charge in [-0.15, -0.1) is 0 Å². The molecule has 0 atom stereocenters. The van der Waals surface area contributed by atoms with Gasteiger partial charge in [0.15, 0.2) is 5.75 Å². The number of nitrogens with one attached hydrogen (secondary N) is 2. The van der Waals surface area contributed by atoms with Gasteiger partial charge in [0.1, 0.15) is 0 Å². The maximum Gasteiger partial charge on any atom is 0.707 e. The minimum Gasteiger partial charge on any atom is -0.507 e. The van der Waals surface area contributed by atoms with Crippen molar-refractivity contribution in [3.63, 3.8) is 0 Å². The molecule has 0 unspecified atom stereocenters. The van der Waals surface area contributed by atoms with E-state index >= 15 is 0 Å². The molecule has 1 aromatic heterocycles. The summed E-state index contributed by atoms with van der Waals surface area (Å²) in [6.45, 7) is 0. The van der Waals surface area contributed by atoms with Crippen LogP contribution in [0.5, 0.6) is 5.75 Å². The molecule has 0 fully saturated rings. The summed E-state index contributed by atoms with van der Waals surface area (Å²) in [7, 11) is -2.09.